The topological polar surface area (TPSA) is 108 Å². The molecule has 0 heterocycles. The number of carbonyl (C=O) groups is 2. The molecule has 0 bridgehead atoms. The number of ether oxygens (including phenoxy) is 2. The molecule has 0 saturated carbocycles. The lowest BCUT2D eigenvalue weighted by atomic mass is 10.1. The highest BCUT2D eigenvalue weighted by atomic mass is 31.2. The van der Waals surface area contributed by atoms with E-state index < -0.39 is 32.5 Å². The minimum absolute atomic E-state index is 0.117. The Morgan fingerprint density at radius 3 is 1.67 bits per heavy atom. The monoisotopic (exact) mass is 692 g/mol. The Balaban J connectivity index is 4.22. The van der Waals surface area contributed by atoms with Gasteiger partial charge in [-0.25, -0.2) is 4.57 Å². The molecule has 0 aliphatic rings. The Labute approximate surface area is 292 Å². The van der Waals surface area contributed by atoms with E-state index in [1.165, 1.54) is 32.1 Å². The number of phosphoric ester groups is 1. The van der Waals surface area contributed by atoms with Crippen LogP contribution in [0, 0.1) is 0 Å². The lowest BCUT2D eigenvalue weighted by Gasteiger charge is -2.19. The summed E-state index contributed by atoms with van der Waals surface area (Å²) >= 11 is 0. The highest BCUT2D eigenvalue weighted by Crippen LogP contribution is 2.42. The van der Waals surface area contributed by atoms with E-state index in [1.807, 2.05) is 12.2 Å². The molecule has 0 radical (unpaired) electrons. The molecule has 0 fully saturated rings. The molecule has 0 aromatic carbocycles. The second kappa shape index (κ2) is 34.4. The SMILES string of the molecule is CC/C=C\C/C=C\C/C=C\C/C=C\CCC(=O)OC(COC(=O)CCCCCCC/C=C\C/C=C\CCCCCC)COP(=O)(O)OC. The molecule has 0 aliphatic heterocycles. The molecule has 2 atom stereocenters. The van der Waals surface area contributed by atoms with Gasteiger partial charge in [-0.2, -0.15) is 0 Å². The molecule has 1 N–H and O–H groups in total. The van der Waals surface area contributed by atoms with Gasteiger partial charge >= 0.3 is 19.8 Å². The van der Waals surface area contributed by atoms with Gasteiger partial charge in [-0.1, -0.05) is 125 Å². The van der Waals surface area contributed by atoms with Crippen molar-refractivity contribution in [1.29, 1.82) is 0 Å². The first kappa shape index (κ1) is 45.5. The summed E-state index contributed by atoms with van der Waals surface area (Å²) in [5.74, 6) is -0.924. The Kier molecular flexibility index (Phi) is 32.6. The summed E-state index contributed by atoms with van der Waals surface area (Å²) < 4.78 is 31.7. The summed E-state index contributed by atoms with van der Waals surface area (Å²) in [7, 11) is -3.24. The first-order valence-electron chi connectivity index (χ1n) is 18.1. The van der Waals surface area contributed by atoms with Crippen molar-refractivity contribution in [2.45, 2.75) is 142 Å². The van der Waals surface area contributed by atoms with Gasteiger partial charge in [0.1, 0.15) is 6.61 Å². The van der Waals surface area contributed by atoms with E-state index in [1.54, 1.807) is 0 Å². The molecule has 274 valence electrons. The maximum absolute atomic E-state index is 12.4. The fraction of sp³-hybridized carbons (Fsp3) is 0.641. The number of esters is 2. The molecule has 0 spiro atoms. The van der Waals surface area contributed by atoms with Crippen molar-refractivity contribution >= 4 is 19.8 Å². The van der Waals surface area contributed by atoms with Gasteiger partial charge in [0.15, 0.2) is 6.10 Å². The zero-order valence-electron chi connectivity index (χ0n) is 30.1. The molecule has 0 amide bonds. The van der Waals surface area contributed by atoms with Gasteiger partial charge in [0.25, 0.3) is 0 Å². The summed E-state index contributed by atoms with van der Waals surface area (Å²) in [5, 5.41) is 0. The maximum atomic E-state index is 12.4. The molecular weight excluding hydrogens is 627 g/mol. The molecule has 0 aliphatic carbocycles. The van der Waals surface area contributed by atoms with Gasteiger partial charge in [-0.05, 0) is 70.6 Å². The number of hydrogen-bond donors (Lipinski definition) is 1. The first-order chi connectivity index (χ1) is 23.3. The van der Waals surface area contributed by atoms with Crippen LogP contribution in [0.2, 0.25) is 0 Å². The standard InChI is InChI=1S/C39H65O8P/c1-4-6-8-10-12-14-16-18-19-20-22-23-25-27-29-31-33-38(40)45-35-37(36-46-48(42,43)44-3)47-39(41)34-32-30-28-26-24-21-17-15-13-11-9-7-5-2/h7,9,13-16,19-21,24,28,30,37H,4-6,8,10-12,17-18,22-23,25-27,29,31-36H2,1-3H3,(H,42,43)/b9-7-,15-13-,16-14-,20-19-,24-21-,30-28-. The number of hydrogen-bond acceptors (Lipinski definition) is 7. The number of unbranched alkanes of at least 4 members (excludes halogenated alkanes) is 9. The average molecular weight is 693 g/mol. The molecule has 8 nitrogen and oxygen atoms in total. The van der Waals surface area contributed by atoms with Crippen LogP contribution in [0.5, 0.6) is 0 Å². The van der Waals surface area contributed by atoms with Crippen LogP contribution in [0.15, 0.2) is 72.9 Å². The van der Waals surface area contributed by atoms with Gasteiger partial charge in [0.05, 0.1) is 6.61 Å². The Bertz CT molecular complexity index is 1010. The Morgan fingerprint density at radius 2 is 1.10 bits per heavy atom. The normalized spacial score (nSPS) is 14.3. The van der Waals surface area contributed by atoms with Gasteiger partial charge in [0, 0.05) is 20.0 Å². The second-order valence-electron chi connectivity index (χ2n) is 11.6. The van der Waals surface area contributed by atoms with Gasteiger partial charge in [-0.15, -0.1) is 0 Å². The van der Waals surface area contributed by atoms with E-state index >= 15 is 0 Å². The van der Waals surface area contributed by atoms with Crippen molar-refractivity contribution in [2.24, 2.45) is 0 Å². The molecule has 48 heavy (non-hydrogen) atoms. The number of rotatable bonds is 32. The zero-order chi connectivity index (χ0) is 35.4. The van der Waals surface area contributed by atoms with Crippen molar-refractivity contribution in [3.05, 3.63) is 72.9 Å². The van der Waals surface area contributed by atoms with Crippen molar-refractivity contribution < 1.29 is 37.6 Å². The van der Waals surface area contributed by atoms with Gasteiger partial charge in [0.2, 0.25) is 0 Å². The summed E-state index contributed by atoms with van der Waals surface area (Å²) in [4.78, 5) is 34.2. The maximum Gasteiger partial charge on any atom is 0.472 e. The minimum atomic E-state index is -4.28. The van der Waals surface area contributed by atoms with Crippen LogP contribution in [-0.2, 0) is 32.7 Å². The van der Waals surface area contributed by atoms with Crippen LogP contribution in [0.1, 0.15) is 136 Å². The van der Waals surface area contributed by atoms with E-state index in [9.17, 15) is 19.0 Å². The van der Waals surface area contributed by atoms with Crippen molar-refractivity contribution in [2.75, 3.05) is 20.3 Å². The Hall–Kier alpha value is -2.51. The summed E-state index contributed by atoms with van der Waals surface area (Å²) in [6, 6.07) is 0. The van der Waals surface area contributed by atoms with E-state index in [0.29, 0.717) is 12.8 Å². The summed E-state index contributed by atoms with van der Waals surface area (Å²) in [5.41, 5.74) is 0. The molecular formula is C39H65O8P. The summed E-state index contributed by atoms with van der Waals surface area (Å²) in [6.45, 7) is 3.65. The number of allylic oxidation sites excluding steroid dienone is 12. The van der Waals surface area contributed by atoms with Crippen LogP contribution in [0.3, 0.4) is 0 Å². The average Bonchev–Trinajstić information content (AvgIpc) is 3.07. The van der Waals surface area contributed by atoms with Crippen molar-refractivity contribution in [3.63, 3.8) is 0 Å². The van der Waals surface area contributed by atoms with Crippen LogP contribution >= 0.6 is 7.82 Å². The Morgan fingerprint density at radius 1 is 0.604 bits per heavy atom. The minimum Gasteiger partial charge on any atom is -0.462 e. The lowest BCUT2D eigenvalue weighted by Crippen LogP contribution is -2.29. The second-order valence-corrected chi connectivity index (χ2v) is 13.2. The van der Waals surface area contributed by atoms with Crippen LogP contribution in [0.25, 0.3) is 0 Å². The highest BCUT2D eigenvalue weighted by molar-refractivity contribution is 7.47. The fourth-order valence-electron chi connectivity index (χ4n) is 4.41. The van der Waals surface area contributed by atoms with Gasteiger partial charge < -0.3 is 14.4 Å². The zero-order valence-corrected chi connectivity index (χ0v) is 31.0. The fourth-order valence-corrected chi connectivity index (χ4v) is 4.87. The number of carbonyl (C=O) groups excluding carboxylic acids is 2. The van der Waals surface area contributed by atoms with E-state index in [-0.39, 0.29) is 19.4 Å². The van der Waals surface area contributed by atoms with Crippen molar-refractivity contribution in [3.8, 4) is 0 Å². The van der Waals surface area contributed by atoms with Crippen LogP contribution < -0.4 is 0 Å². The summed E-state index contributed by atoms with van der Waals surface area (Å²) in [6.07, 6.45) is 42.5. The predicted molar refractivity (Wildman–Crippen MR) is 198 cm³/mol. The van der Waals surface area contributed by atoms with E-state index in [4.69, 9.17) is 14.0 Å². The van der Waals surface area contributed by atoms with Crippen LogP contribution in [0.4, 0.5) is 0 Å². The molecule has 2 unspecified atom stereocenters. The molecule has 0 aromatic heterocycles. The van der Waals surface area contributed by atoms with E-state index in [2.05, 4.69) is 79.1 Å². The quantitative estimate of drug-likeness (QED) is 0.0321. The predicted octanol–water partition coefficient (Wildman–Crippen LogP) is 11.0. The van der Waals surface area contributed by atoms with E-state index in [0.717, 1.165) is 71.3 Å². The molecule has 9 heteroatoms. The largest absolute Gasteiger partial charge is 0.472 e. The third-order valence-electron chi connectivity index (χ3n) is 7.20. The number of phosphoric acid groups is 1. The molecule has 0 saturated heterocycles. The first-order valence-corrected chi connectivity index (χ1v) is 19.6. The molecule has 0 aromatic rings. The van der Waals surface area contributed by atoms with Crippen molar-refractivity contribution in [1.82, 2.24) is 0 Å². The highest BCUT2D eigenvalue weighted by Gasteiger charge is 2.24. The van der Waals surface area contributed by atoms with Gasteiger partial charge in [-0.3, -0.25) is 18.6 Å². The third kappa shape index (κ3) is 33.4. The molecule has 0 rings (SSSR count). The lowest BCUT2D eigenvalue weighted by molar-refractivity contribution is -0.161. The van der Waals surface area contributed by atoms with Crippen LogP contribution in [-0.4, -0.2) is 43.3 Å². The smallest absolute Gasteiger partial charge is 0.462 e. The third-order valence-corrected chi connectivity index (χ3v) is 8.13.